The average molecular weight is 279 g/mol. The summed E-state index contributed by atoms with van der Waals surface area (Å²) >= 11 is 2.79. The third kappa shape index (κ3) is 3.17. The third-order valence-electron chi connectivity index (χ3n) is 2.27. The summed E-state index contributed by atoms with van der Waals surface area (Å²) in [7, 11) is 1.62. The molecule has 18 heavy (non-hydrogen) atoms. The van der Waals surface area contributed by atoms with Gasteiger partial charge in [-0.1, -0.05) is 30.8 Å². The Morgan fingerprint density at radius 1 is 1.50 bits per heavy atom. The molecule has 0 atom stereocenters. The minimum absolute atomic E-state index is 0.00812. The van der Waals surface area contributed by atoms with Crippen molar-refractivity contribution in [1.82, 2.24) is 0 Å². The fraction of sp³-hybridized carbons (Fsp3) is 0.231. The standard InChI is InChI=1S/C13H13NO2S2/c1-3-17-13-14-11(12(15)18-13)8-9-5-4-6-10(7-9)16-2/h4-8H,3H2,1-2H3. The van der Waals surface area contributed by atoms with Crippen LogP contribution in [0, 0.1) is 0 Å². The van der Waals surface area contributed by atoms with E-state index in [1.165, 1.54) is 11.8 Å². The van der Waals surface area contributed by atoms with E-state index < -0.39 is 0 Å². The molecular weight excluding hydrogens is 266 g/mol. The van der Waals surface area contributed by atoms with E-state index in [4.69, 9.17) is 4.74 Å². The Balaban J connectivity index is 2.24. The molecule has 3 nitrogen and oxygen atoms in total. The first-order valence-corrected chi connectivity index (χ1v) is 7.32. The van der Waals surface area contributed by atoms with Crippen molar-refractivity contribution in [2.45, 2.75) is 6.92 Å². The second kappa shape index (κ2) is 6.11. The van der Waals surface area contributed by atoms with E-state index >= 15 is 0 Å². The van der Waals surface area contributed by atoms with Crippen LogP contribution in [0.1, 0.15) is 12.5 Å². The van der Waals surface area contributed by atoms with Crippen LogP contribution in [0.3, 0.4) is 0 Å². The minimum atomic E-state index is 0.00812. The Bertz CT molecular complexity index is 523. The molecule has 0 unspecified atom stereocenters. The topological polar surface area (TPSA) is 38.7 Å². The van der Waals surface area contributed by atoms with E-state index in [2.05, 4.69) is 4.99 Å². The van der Waals surface area contributed by atoms with Gasteiger partial charge in [-0.2, -0.15) is 0 Å². The summed E-state index contributed by atoms with van der Waals surface area (Å²) in [6.07, 6.45) is 1.79. The minimum Gasteiger partial charge on any atom is -0.497 e. The number of nitrogens with zero attached hydrogens (tertiary/aromatic N) is 1. The van der Waals surface area contributed by atoms with E-state index in [0.29, 0.717) is 5.70 Å². The summed E-state index contributed by atoms with van der Waals surface area (Å²) in [5.74, 6) is 1.69. The van der Waals surface area contributed by atoms with Crippen molar-refractivity contribution < 1.29 is 9.53 Å². The number of hydrogen-bond acceptors (Lipinski definition) is 5. The summed E-state index contributed by atoms with van der Waals surface area (Å²) in [4.78, 5) is 16.1. The summed E-state index contributed by atoms with van der Waals surface area (Å²) in [5, 5.41) is 0.00812. The number of carbonyl (C=O) groups is 1. The average Bonchev–Trinajstić information content (AvgIpc) is 2.70. The smallest absolute Gasteiger partial charge is 0.244 e. The Kier molecular flexibility index (Phi) is 4.49. The molecule has 0 aromatic heterocycles. The molecule has 0 saturated carbocycles. The number of hydrogen-bond donors (Lipinski definition) is 0. The maximum Gasteiger partial charge on any atom is 0.244 e. The molecule has 0 amide bonds. The fourth-order valence-corrected chi connectivity index (χ4v) is 3.20. The molecule has 1 heterocycles. The van der Waals surface area contributed by atoms with E-state index in [9.17, 15) is 4.79 Å². The summed E-state index contributed by atoms with van der Waals surface area (Å²) in [6, 6.07) is 7.57. The number of carbonyl (C=O) groups excluding carboxylic acids is 1. The molecule has 0 bridgehead atoms. The molecular formula is C13H13NO2S2. The van der Waals surface area contributed by atoms with E-state index in [1.54, 1.807) is 24.9 Å². The van der Waals surface area contributed by atoms with Crippen molar-refractivity contribution in [1.29, 1.82) is 0 Å². The molecule has 0 spiro atoms. The van der Waals surface area contributed by atoms with Gasteiger partial charge < -0.3 is 4.74 Å². The van der Waals surface area contributed by atoms with Crippen LogP contribution in [0.4, 0.5) is 0 Å². The molecule has 0 radical (unpaired) electrons. The van der Waals surface area contributed by atoms with Gasteiger partial charge in [0.2, 0.25) is 5.12 Å². The predicted molar refractivity (Wildman–Crippen MR) is 79.1 cm³/mol. The first-order chi connectivity index (χ1) is 8.72. The lowest BCUT2D eigenvalue weighted by Crippen LogP contribution is -1.88. The van der Waals surface area contributed by atoms with Crippen LogP contribution in [-0.2, 0) is 4.79 Å². The van der Waals surface area contributed by atoms with Crippen molar-refractivity contribution in [2.24, 2.45) is 4.99 Å². The fourth-order valence-electron chi connectivity index (χ4n) is 1.46. The van der Waals surface area contributed by atoms with Crippen molar-refractivity contribution >= 4 is 39.1 Å². The third-order valence-corrected chi connectivity index (χ3v) is 4.16. The normalized spacial score (nSPS) is 17.1. The first kappa shape index (κ1) is 13.2. The van der Waals surface area contributed by atoms with Gasteiger partial charge in [-0.3, -0.25) is 4.79 Å². The largest absolute Gasteiger partial charge is 0.497 e. The first-order valence-electron chi connectivity index (χ1n) is 5.52. The van der Waals surface area contributed by atoms with E-state index in [0.717, 1.165) is 21.4 Å². The Hall–Kier alpha value is -1.20. The summed E-state index contributed by atoms with van der Waals surface area (Å²) in [5.41, 5.74) is 1.43. The number of methoxy groups -OCH3 is 1. The van der Waals surface area contributed by atoms with Crippen molar-refractivity contribution in [3.8, 4) is 5.75 Å². The zero-order valence-corrected chi connectivity index (χ0v) is 11.8. The Morgan fingerprint density at radius 3 is 3.06 bits per heavy atom. The molecule has 94 valence electrons. The second-order valence-corrected chi connectivity index (χ2v) is 5.98. The van der Waals surface area contributed by atoms with E-state index in [-0.39, 0.29) is 5.12 Å². The zero-order chi connectivity index (χ0) is 13.0. The van der Waals surface area contributed by atoms with Crippen LogP contribution in [0.5, 0.6) is 5.75 Å². The highest BCUT2D eigenvalue weighted by atomic mass is 32.2. The molecule has 0 aliphatic carbocycles. The molecule has 1 aliphatic rings. The van der Waals surface area contributed by atoms with Crippen LogP contribution < -0.4 is 4.74 Å². The molecule has 0 N–H and O–H groups in total. The van der Waals surface area contributed by atoms with Gasteiger partial charge >= 0.3 is 0 Å². The molecule has 0 fully saturated rings. The molecule has 1 aromatic rings. The van der Waals surface area contributed by atoms with Crippen molar-refractivity contribution in [3.05, 3.63) is 35.5 Å². The molecule has 1 aromatic carbocycles. The lowest BCUT2D eigenvalue weighted by molar-refractivity contribution is -0.107. The van der Waals surface area contributed by atoms with Gasteiger partial charge in [0.05, 0.1) is 7.11 Å². The van der Waals surface area contributed by atoms with Crippen LogP contribution in [0.15, 0.2) is 35.0 Å². The Labute approximate surface area is 115 Å². The molecule has 2 rings (SSSR count). The van der Waals surface area contributed by atoms with Gasteiger partial charge in [0.25, 0.3) is 0 Å². The SMILES string of the molecule is CCSC1=NC(=Cc2cccc(OC)c2)C(=O)S1. The quantitative estimate of drug-likeness (QED) is 0.795. The van der Waals surface area contributed by atoms with Crippen molar-refractivity contribution in [3.63, 3.8) is 0 Å². The van der Waals surface area contributed by atoms with Gasteiger partial charge in [-0.15, -0.1) is 0 Å². The highest BCUT2D eigenvalue weighted by Crippen LogP contribution is 2.31. The molecule has 5 heteroatoms. The highest BCUT2D eigenvalue weighted by Gasteiger charge is 2.21. The number of ether oxygens (including phenoxy) is 1. The lowest BCUT2D eigenvalue weighted by atomic mass is 10.2. The number of thioether (sulfide) groups is 2. The van der Waals surface area contributed by atoms with Crippen LogP contribution >= 0.6 is 23.5 Å². The number of aliphatic imine (C=N–C) groups is 1. The highest BCUT2D eigenvalue weighted by molar-refractivity contribution is 8.45. The van der Waals surface area contributed by atoms with Gasteiger partial charge in [0, 0.05) is 0 Å². The zero-order valence-electron chi connectivity index (χ0n) is 10.2. The van der Waals surface area contributed by atoms with Crippen LogP contribution in [0.25, 0.3) is 6.08 Å². The number of rotatable bonds is 3. The molecule has 1 aliphatic heterocycles. The summed E-state index contributed by atoms with van der Waals surface area (Å²) < 4.78 is 5.98. The maximum absolute atomic E-state index is 11.8. The van der Waals surface area contributed by atoms with Crippen LogP contribution in [-0.4, -0.2) is 22.4 Å². The van der Waals surface area contributed by atoms with Gasteiger partial charge in [0.1, 0.15) is 15.8 Å². The lowest BCUT2D eigenvalue weighted by Gasteiger charge is -2.00. The monoisotopic (exact) mass is 279 g/mol. The van der Waals surface area contributed by atoms with Gasteiger partial charge in [-0.05, 0) is 41.3 Å². The summed E-state index contributed by atoms with van der Waals surface area (Å²) in [6.45, 7) is 2.04. The van der Waals surface area contributed by atoms with Crippen molar-refractivity contribution in [2.75, 3.05) is 12.9 Å². The number of benzene rings is 1. The Morgan fingerprint density at radius 2 is 2.33 bits per heavy atom. The van der Waals surface area contributed by atoms with Gasteiger partial charge in [-0.25, -0.2) is 4.99 Å². The van der Waals surface area contributed by atoms with E-state index in [1.807, 2.05) is 31.2 Å². The second-order valence-electron chi connectivity index (χ2n) is 3.51. The van der Waals surface area contributed by atoms with Gasteiger partial charge in [0.15, 0.2) is 0 Å². The predicted octanol–water partition coefficient (Wildman–Crippen LogP) is 3.42. The maximum atomic E-state index is 11.8. The van der Waals surface area contributed by atoms with Crippen LogP contribution in [0.2, 0.25) is 0 Å². The molecule has 0 saturated heterocycles.